The van der Waals surface area contributed by atoms with Crippen LogP contribution in [0.4, 0.5) is 0 Å². The number of guanidine groups is 1. The third-order valence-electron chi connectivity index (χ3n) is 3.42. The maximum absolute atomic E-state index is 6.17. The second kappa shape index (κ2) is 12.2. The molecule has 0 heterocycles. The Balaban J connectivity index is 2.36. The lowest BCUT2D eigenvalue weighted by Crippen LogP contribution is -2.39. The van der Waals surface area contributed by atoms with Crippen molar-refractivity contribution in [2.24, 2.45) is 4.99 Å². The molecule has 2 N–H and O–H groups in total. The van der Waals surface area contributed by atoms with Crippen molar-refractivity contribution in [3.8, 4) is 0 Å². The van der Waals surface area contributed by atoms with Gasteiger partial charge in [0, 0.05) is 38.3 Å². The summed E-state index contributed by atoms with van der Waals surface area (Å²) in [5.74, 6) is 0.847. The van der Waals surface area contributed by atoms with Crippen LogP contribution in [0.2, 0.25) is 5.02 Å². The Bertz CT molecular complexity index is 468. The van der Waals surface area contributed by atoms with Gasteiger partial charge >= 0.3 is 0 Å². The van der Waals surface area contributed by atoms with E-state index in [1.807, 2.05) is 18.2 Å². The largest absolute Gasteiger partial charge is 0.383 e. The number of methoxy groups -OCH3 is 1. The number of halogens is 1. The Morgan fingerprint density at radius 2 is 2.04 bits per heavy atom. The molecule has 0 fully saturated rings. The van der Waals surface area contributed by atoms with Crippen LogP contribution in [-0.4, -0.2) is 64.3 Å². The number of ether oxygens (including phenoxy) is 1. The Morgan fingerprint density at radius 3 is 2.74 bits per heavy atom. The van der Waals surface area contributed by atoms with Crippen molar-refractivity contribution in [2.45, 2.75) is 13.3 Å². The van der Waals surface area contributed by atoms with Crippen LogP contribution in [0.1, 0.15) is 12.5 Å². The SMILES string of the molecule is CCNC(=NCCN(C)CCOC)NCCc1ccccc1Cl. The minimum absolute atomic E-state index is 0.746. The fourth-order valence-electron chi connectivity index (χ4n) is 2.05. The van der Waals surface area contributed by atoms with Gasteiger partial charge < -0.3 is 20.3 Å². The van der Waals surface area contributed by atoms with Crippen LogP contribution in [0, 0.1) is 0 Å². The molecule has 1 rings (SSSR count). The number of aliphatic imine (C=N–C) groups is 1. The number of rotatable bonds is 10. The van der Waals surface area contributed by atoms with Gasteiger partial charge in [-0.3, -0.25) is 4.99 Å². The monoisotopic (exact) mass is 340 g/mol. The minimum Gasteiger partial charge on any atom is -0.383 e. The first-order valence-corrected chi connectivity index (χ1v) is 8.48. The topological polar surface area (TPSA) is 48.9 Å². The van der Waals surface area contributed by atoms with Crippen LogP contribution in [0.3, 0.4) is 0 Å². The van der Waals surface area contributed by atoms with Crippen LogP contribution in [0.25, 0.3) is 0 Å². The second-order valence-corrected chi connectivity index (χ2v) is 5.73. The molecule has 5 nitrogen and oxygen atoms in total. The Hall–Kier alpha value is -1.30. The lowest BCUT2D eigenvalue weighted by atomic mass is 10.1. The molecule has 0 aromatic heterocycles. The summed E-state index contributed by atoms with van der Waals surface area (Å²) in [4.78, 5) is 6.80. The number of nitrogens with one attached hydrogen (secondary N) is 2. The van der Waals surface area contributed by atoms with Crippen molar-refractivity contribution >= 4 is 17.6 Å². The van der Waals surface area contributed by atoms with Gasteiger partial charge in [-0.2, -0.15) is 0 Å². The van der Waals surface area contributed by atoms with Gasteiger partial charge in [-0.1, -0.05) is 29.8 Å². The molecule has 1 aromatic carbocycles. The van der Waals surface area contributed by atoms with Gasteiger partial charge in [-0.15, -0.1) is 0 Å². The standard InChI is InChI=1S/C17H29ClN4O/c1-4-19-17(21-11-12-22(2)13-14-23-3)20-10-9-15-7-5-6-8-16(15)18/h5-8H,4,9-14H2,1-3H3,(H2,19,20,21). The molecule has 0 unspecified atom stereocenters. The molecule has 23 heavy (non-hydrogen) atoms. The van der Waals surface area contributed by atoms with Gasteiger partial charge in [0.1, 0.15) is 0 Å². The van der Waals surface area contributed by atoms with E-state index in [0.717, 1.165) is 62.3 Å². The van der Waals surface area contributed by atoms with E-state index in [1.54, 1.807) is 7.11 Å². The van der Waals surface area contributed by atoms with Crippen LogP contribution in [0.5, 0.6) is 0 Å². The highest BCUT2D eigenvalue weighted by molar-refractivity contribution is 6.31. The maximum atomic E-state index is 6.17. The van der Waals surface area contributed by atoms with Crippen molar-refractivity contribution in [3.63, 3.8) is 0 Å². The Morgan fingerprint density at radius 1 is 1.26 bits per heavy atom. The van der Waals surface area contributed by atoms with E-state index in [2.05, 4.69) is 40.6 Å². The van der Waals surface area contributed by atoms with Gasteiger partial charge in [0.05, 0.1) is 13.2 Å². The molecule has 0 bridgehead atoms. The summed E-state index contributed by atoms with van der Waals surface area (Å²) >= 11 is 6.17. The lowest BCUT2D eigenvalue weighted by Gasteiger charge is -2.16. The predicted octanol–water partition coefficient (Wildman–Crippen LogP) is 2.02. The van der Waals surface area contributed by atoms with Crippen molar-refractivity contribution in [2.75, 3.05) is 53.5 Å². The molecule has 0 radical (unpaired) electrons. The molecule has 6 heteroatoms. The highest BCUT2D eigenvalue weighted by atomic mass is 35.5. The first-order valence-electron chi connectivity index (χ1n) is 8.10. The highest BCUT2D eigenvalue weighted by Crippen LogP contribution is 2.14. The molecule has 0 spiro atoms. The van der Waals surface area contributed by atoms with E-state index in [1.165, 1.54) is 0 Å². The lowest BCUT2D eigenvalue weighted by molar-refractivity contribution is 0.163. The number of hydrogen-bond donors (Lipinski definition) is 2. The second-order valence-electron chi connectivity index (χ2n) is 5.32. The van der Waals surface area contributed by atoms with Gasteiger partial charge in [0.2, 0.25) is 0 Å². The van der Waals surface area contributed by atoms with E-state index in [4.69, 9.17) is 16.3 Å². The normalized spacial score (nSPS) is 11.8. The maximum Gasteiger partial charge on any atom is 0.191 e. The van der Waals surface area contributed by atoms with Crippen molar-refractivity contribution in [1.82, 2.24) is 15.5 Å². The Kier molecular flexibility index (Phi) is 10.4. The van der Waals surface area contributed by atoms with Crippen LogP contribution < -0.4 is 10.6 Å². The molecule has 0 aliphatic carbocycles. The zero-order valence-corrected chi connectivity index (χ0v) is 15.2. The molecular formula is C17H29ClN4O. The molecule has 130 valence electrons. The number of likely N-dealkylation sites (N-methyl/N-ethyl adjacent to an activating group) is 1. The van der Waals surface area contributed by atoms with Crippen LogP contribution in [0.15, 0.2) is 29.3 Å². The number of benzene rings is 1. The van der Waals surface area contributed by atoms with Gasteiger partial charge in [-0.25, -0.2) is 0 Å². The van der Waals surface area contributed by atoms with Crippen LogP contribution in [-0.2, 0) is 11.2 Å². The molecule has 0 amide bonds. The summed E-state index contributed by atoms with van der Waals surface area (Å²) < 4.78 is 5.07. The van der Waals surface area contributed by atoms with Crippen molar-refractivity contribution < 1.29 is 4.74 Å². The fraction of sp³-hybridized carbons (Fsp3) is 0.588. The summed E-state index contributed by atoms with van der Waals surface area (Å²) in [5, 5.41) is 7.43. The van der Waals surface area contributed by atoms with E-state index in [9.17, 15) is 0 Å². The highest BCUT2D eigenvalue weighted by Gasteiger charge is 2.01. The summed E-state index contributed by atoms with van der Waals surface area (Å²) in [6.45, 7) is 7.04. The molecule has 1 aromatic rings. The predicted molar refractivity (Wildman–Crippen MR) is 98.5 cm³/mol. The minimum atomic E-state index is 0.746. The van der Waals surface area contributed by atoms with Crippen LogP contribution >= 0.6 is 11.6 Å². The molecule has 0 saturated carbocycles. The van der Waals surface area contributed by atoms with Gasteiger partial charge in [-0.05, 0) is 32.0 Å². The van der Waals surface area contributed by atoms with E-state index < -0.39 is 0 Å². The summed E-state index contributed by atoms with van der Waals surface area (Å²) in [6.07, 6.45) is 0.873. The van der Waals surface area contributed by atoms with Gasteiger partial charge in [0.25, 0.3) is 0 Å². The van der Waals surface area contributed by atoms with Crippen molar-refractivity contribution in [3.05, 3.63) is 34.9 Å². The summed E-state index contributed by atoms with van der Waals surface area (Å²) in [6, 6.07) is 7.94. The van der Waals surface area contributed by atoms with E-state index in [0.29, 0.717) is 0 Å². The Labute approximate surface area is 145 Å². The van der Waals surface area contributed by atoms with Crippen molar-refractivity contribution in [1.29, 1.82) is 0 Å². The molecule has 0 aliphatic rings. The average molecular weight is 341 g/mol. The number of nitrogens with zero attached hydrogens (tertiary/aromatic N) is 2. The first kappa shape index (κ1) is 19.7. The third-order valence-corrected chi connectivity index (χ3v) is 3.79. The molecular weight excluding hydrogens is 312 g/mol. The smallest absolute Gasteiger partial charge is 0.191 e. The van der Waals surface area contributed by atoms with E-state index >= 15 is 0 Å². The van der Waals surface area contributed by atoms with Gasteiger partial charge in [0.15, 0.2) is 5.96 Å². The van der Waals surface area contributed by atoms with E-state index in [-0.39, 0.29) is 0 Å². The molecule has 0 saturated heterocycles. The average Bonchev–Trinajstić information content (AvgIpc) is 2.54. The zero-order valence-electron chi connectivity index (χ0n) is 14.4. The third kappa shape index (κ3) is 8.79. The molecule has 0 atom stereocenters. The summed E-state index contributed by atoms with van der Waals surface area (Å²) in [5.41, 5.74) is 1.15. The first-order chi connectivity index (χ1) is 11.2. The quantitative estimate of drug-likeness (QED) is 0.505. The fourth-order valence-corrected chi connectivity index (χ4v) is 2.28. The number of hydrogen-bond acceptors (Lipinski definition) is 3. The molecule has 0 aliphatic heterocycles. The zero-order chi connectivity index (χ0) is 16.9. The summed E-state index contributed by atoms with van der Waals surface area (Å²) in [7, 11) is 3.80.